The second-order valence-corrected chi connectivity index (χ2v) is 9.26. The first kappa shape index (κ1) is 23.3. The van der Waals surface area contributed by atoms with Crippen LogP contribution in [0.25, 0.3) is 0 Å². The van der Waals surface area contributed by atoms with Crippen LogP contribution in [0.1, 0.15) is 11.1 Å². The number of sulfonamides is 1. The van der Waals surface area contributed by atoms with Gasteiger partial charge in [0.15, 0.2) is 0 Å². The van der Waals surface area contributed by atoms with Crippen LogP contribution in [-0.4, -0.2) is 20.1 Å². The van der Waals surface area contributed by atoms with E-state index in [1.54, 1.807) is 54.7 Å². The molecular weight excluding hydrogens is 448 g/mol. The molecule has 0 unspecified atom stereocenters. The standard InChI is InChI=1S/C26H26N4O3S/c31-34(32,30-24-9-4-10-25(16-24)33-19-21-6-2-1-3-7-21)26-13-11-23(12-14-26)29-20-28-18-22-8-5-15-27-17-22/h1-17,28-30H,18-20H2. The van der Waals surface area contributed by atoms with Gasteiger partial charge in [0.2, 0.25) is 0 Å². The minimum atomic E-state index is -3.73. The lowest BCUT2D eigenvalue weighted by molar-refractivity contribution is 0.306. The largest absolute Gasteiger partial charge is 0.489 e. The van der Waals surface area contributed by atoms with E-state index in [1.807, 2.05) is 48.7 Å². The van der Waals surface area contributed by atoms with Gasteiger partial charge in [-0.1, -0.05) is 42.5 Å². The molecule has 0 bridgehead atoms. The molecule has 0 radical (unpaired) electrons. The molecule has 4 rings (SSSR count). The van der Waals surface area contributed by atoms with E-state index in [0.717, 1.165) is 16.8 Å². The molecule has 0 fully saturated rings. The second kappa shape index (κ2) is 11.3. The molecule has 0 amide bonds. The summed E-state index contributed by atoms with van der Waals surface area (Å²) in [5, 5.41) is 6.48. The Bertz CT molecular complexity index is 1280. The molecule has 7 nitrogen and oxygen atoms in total. The van der Waals surface area contributed by atoms with E-state index in [9.17, 15) is 8.42 Å². The average molecular weight is 475 g/mol. The van der Waals surface area contributed by atoms with Crippen molar-refractivity contribution in [3.05, 3.63) is 115 Å². The maximum Gasteiger partial charge on any atom is 0.261 e. The minimum absolute atomic E-state index is 0.178. The van der Waals surface area contributed by atoms with E-state index >= 15 is 0 Å². The number of rotatable bonds is 11. The van der Waals surface area contributed by atoms with Gasteiger partial charge in [0.05, 0.1) is 17.3 Å². The zero-order valence-electron chi connectivity index (χ0n) is 18.5. The highest BCUT2D eigenvalue weighted by Gasteiger charge is 2.14. The highest BCUT2D eigenvalue weighted by Crippen LogP contribution is 2.22. The summed E-state index contributed by atoms with van der Waals surface area (Å²) >= 11 is 0. The van der Waals surface area contributed by atoms with Gasteiger partial charge >= 0.3 is 0 Å². The van der Waals surface area contributed by atoms with Gasteiger partial charge in [-0.3, -0.25) is 15.0 Å². The highest BCUT2D eigenvalue weighted by atomic mass is 32.2. The lowest BCUT2D eigenvalue weighted by Crippen LogP contribution is -2.21. The molecular formula is C26H26N4O3S. The van der Waals surface area contributed by atoms with Crippen LogP contribution in [0.4, 0.5) is 11.4 Å². The molecule has 0 aliphatic heterocycles. The van der Waals surface area contributed by atoms with Gasteiger partial charge in [-0.25, -0.2) is 8.42 Å². The lowest BCUT2D eigenvalue weighted by atomic mass is 10.2. The molecule has 1 heterocycles. The third-order valence-electron chi connectivity index (χ3n) is 4.97. The molecule has 3 aromatic carbocycles. The summed E-state index contributed by atoms with van der Waals surface area (Å²) in [5.74, 6) is 0.586. The Kier molecular flexibility index (Phi) is 7.75. The first-order chi connectivity index (χ1) is 16.6. The van der Waals surface area contributed by atoms with Gasteiger partial charge in [0.1, 0.15) is 12.4 Å². The molecule has 0 aliphatic rings. The number of nitrogens with zero attached hydrogens (tertiary/aromatic N) is 1. The van der Waals surface area contributed by atoms with Crippen molar-refractivity contribution < 1.29 is 13.2 Å². The maximum absolute atomic E-state index is 12.8. The van der Waals surface area contributed by atoms with E-state index in [4.69, 9.17) is 4.74 Å². The van der Waals surface area contributed by atoms with Crippen LogP contribution in [0, 0.1) is 0 Å². The molecule has 0 saturated heterocycles. The van der Waals surface area contributed by atoms with E-state index in [1.165, 1.54) is 0 Å². The Labute approximate surface area is 199 Å². The molecule has 174 valence electrons. The average Bonchev–Trinajstić information content (AvgIpc) is 2.87. The van der Waals surface area contributed by atoms with E-state index in [0.29, 0.717) is 31.3 Å². The summed E-state index contributed by atoms with van der Waals surface area (Å²) in [5.41, 5.74) is 3.38. The maximum atomic E-state index is 12.8. The van der Waals surface area contributed by atoms with Gasteiger partial charge in [-0.2, -0.15) is 0 Å². The number of hydrogen-bond acceptors (Lipinski definition) is 6. The predicted molar refractivity (Wildman–Crippen MR) is 134 cm³/mol. The Hall–Kier alpha value is -3.88. The number of benzene rings is 3. The van der Waals surface area contributed by atoms with E-state index in [2.05, 4.69) is 20.3 Å². The number of pyridine rings is 1. The SMILES string of the molecule is O=S(=O)(Nc1cccc(OCc2ccccc2)c1)c1ccc(NCNCc2cccnc2)cc1. The van der Waals surface area contributed by atoms with Crippen LogP contribution >= 0.6 is 0 Å². The normalized spacial score (nSPS) is 11.1. The van der Waals surface area contributed by atoms with Gasteiger partial charge < -0.3 is 10.1 Å². The molecule has 0 saturated carbocycles. The zero-order chi connectivity index (χ0) is 23.6. The van der Waals surface area contributed by atoms with Crippen LogP contribution in [0.2, 0.25) is 0 Å². The van der Waals surface area contributed by atoms with Crippen LogP contribution < -0.4 is 20.1 Å². The topological polar surface area (TPSA) is 92.4 Å². The van der Waals surface area contributed by atoms with Crippen molar-refractivity contribution in [3.8, 4) is 5.75 Å². The predicted octanol–water partition coefficient (Wildman–Crippen LogP) is 4.62. The van der Waals surface area contributed by atoms with Gasteiger partial charge in [0, 0.05) is 30.7 Å². The number of aromatic nitrogens is 1. The van der Waals surface area contributed by atoms with E-state index < -0.39 is 10.0 Å². The summed E-state index contributed by atoms with van der Waals surface area (Å²) in [4.78, 5) is 4.26. The molecule has 0 atom stereocenters. The Morgan fingerprint density at radius 2 is 1.59 bits per heavy atom. The van der Waals surface area contributed by atoms with Crippen molar-refractivity contribution in [1.29, 1.82) is 0 Å². The Balaban J connectivity index is 1.30. The van der Waals surface area contributed by atoms with Crippen molar-refractivity contribution in [2.75, 3.05) is 16.7 Å². The minimum Gasteiger partial charge on any atom is -0.489 e. The van der Waals surface area contributed by atoms with Gasteiger partial charge in [-0.15, -0.1) is 0 Å². The van der Waals surface area contributed by atoms with Crippen molar-refractivity contribution in [3.63, 3.8) is 0 Å². The van der Waals surface area contributed by atoms with Crippen molar-refractivity contribution in [2.45, 2.75) is 18.0 Å². The molecule has 4 aromatic rings. The third kappa shape index (κ3) is 6.81. The third-order valence-corrected chi connectivity index (χ3v) is 6.37. The lowest BCUT2D eigenvalue weighted by Gasteiger charge is -2.12. The zero-order valence-corrected chi connectivity index (χ0v) is 19.3. The Morgan fingerprint density at radius 1 is 0.794 bits per heavy atom. The van der Waals surface area contributed by atoms with E-state index in [-0.39, 0.29) is 4.90 Å². The first-order valence-electron chi connectivity index (χ1n) is 10.8. The molecule has 34 heavy (non-hydrogen) atoms. The monoisotopic (exact) mass is 474 g/mol. The fourth-order valence-electron chi connectivity index (χ4n) is 3.23. The molecule has 8 heteroatoms. The van der Waals surface area contributed by atoms with Crippen LogP contribution in [0.3, 0.4) is 0 Å². The summed E-state index contributed by atoms with van der Waals surface area (Å²) in [6.07, 6.45) is 3.55. The quantitative estimate of drug-likeness (QED) is 0.217. The fraction of sp³-hybridized carbons (Fsp3) is 0.115. The smallest absolute Gasteiger partial charge is 0.261 e. The molecule has 3 N–H and O–H groups in total. The van der Waals surface area contributed by atoms with Crippen molar-refractivity contribution in [1.82, 2.24) is 10.3 Å². The Morgan fingerprint density at radius 3 is 2.35 bits per heavy atom. The van der Waals surface area contributed by atoms with Crippen LogP contribution in [0.15, 0.2) is 108 Å². The van der Waals surface area contributed by atoms with Crippen LogP contribution in [-0.2, 0) is 23.2 Å². The second-order valence-electron chi connectivity index (χ2n) is 7.57. The number of hydrogen-bond donors (Lipinski definition) is 3. The van der Waals surface area contributed by atoms with Gasteiger partial charge in [-0.05, 0) is 53.6 Å². The first-order valence-corrected chi connectivity index (χ1v) is 12.3. The summed E-state index contributed by atoms with van der Waals surface area (Å²) in [7, 11) is -3.73. The summed E-state index contributed by atoms with van der Waals surface area (Å²) in [6.45, 7) is 1.63. The highest BCUT2D eigenvalue weighted by molar-refractivity contribution is 7.92. The summed E-state index contributed by atoms with van der Waals surface area (Å²) in [6, 6.07) is 27.2. The number of anilines is 2. The van der Waals surface area contributed by atoms with Crippen molar-refractivity contribution >= 4 is 21.4 Å². The molecule has 0 spiro atoms. The molecule has 0 aliphatic carbocycles. The van der Waals surface area contributed by atoms with Crippen LogP contribution in [0.5, 0.6) is 5.75 Å². The van der Waals surface area contributed by atoms with Crippen molar-refractivity contribution in [2.24, 2.45) is 0 Å². The summed E-state index contributed by atoms with van der Waals surface area (Å²) < 4.78 is 34.1. The molecule has 1 aromatic heterocycles. The fourth-order valence-corrected chi connectivity index (χ4v) is 4.28. The number of nitrogens with one attached hydrogen (secondary N) is 3. The van der Waals surface area contributed by atoms with Gasteiger partial charge in [0.25, 0.3) is 10.0 Å². The number of ether oxygens (including phenoxy) is 1.